The number of anilines is 1. The second-order valence-electron chi connectivity index (χ2n) is 9.54. The number of nitrogen functional groups attached to an aromatic ring is 1. The second kappa shape index (κ2) is 7.92. The van der Waals surface area contributed by atoms with Gasteiger partial charge in [-0.25, -0.2) is 4.98 Å². The number of hydrogen-bond acceptors (Lipinski definition) is 8. The maximum Gasteiger partial charge on any atom is 0.163 e. The van der Waals surface area contributed by atoms with Crippen LogP contribution in [0.1, 0.15) is 43.5 Å². The zero-order valence-corrected chi connectivity index (χ0v) is 18.9. The van der Waals surface area contributed by atoms with Crippen molar-refractivity contribution in [1.29, 1.82) is 5.26 Å². The quantitative estimate of drug-likeness (QED) is 0.509. The summed E-state index contributed by atoms with van der Waals surface area (Å²) < 4.78 is 2.06. The molecule has 1 spiro atoms. The van der Waals surface area contributed by atoms with E-state index in [0.29, 0.717) is 5.56 Å². The van der Waals surface area contributed by atoms with E-state index in [1.165, 1.54) is 5.69 Å². The first-order valence-corrected chi connectivity index (χ1v) is 11.2. The van der Waals surface area contributed by atoms with Crippen LogP contribution in [0.5, 0.6) is 0 Å². The molecule has 0 amide bonds. The minimum Gasteiger partial charge on any atom is -0.383 e. The monoisotopic (exact) mass is 444 g/mol. The summed E-state index contributed by atoms with van der Waals surface area (Å²) in [6.07, 6.45) is 6.39. The lowest BCUT2D eigenvalue weighted by molar-refractivity contribution is -0.0313. The molecule has 3 aromatic rings. The molecule has 0 aromatic carbocycles. The van der Waals surface area contributed by atoms with Crippen molar-refractivity contribution in [2.45, 2.75) is 50.5 Å². The van der Waals surface area contributed by atoms with Crippen molar-refractivity contribution in [3.63, 3.8) is 0 Å². The van der Waals surface area contributed by atoms with Crippen LogP contribution >= 0.6 is 0 Å². The molecule has 2 aliphatic rings. The summed E-state index contributed by atoms with van der Waals surface area (Å²) in [5, 5.41) is 28.5. The Hall–Kier alpha value is -3.32. The number of rotatable bonds is 5. The molecule has 33 heavy (non-hydrogen) atoms. The van der Waals surface area contributed by atoms with Crippen molar-refractivity contribution in [1.82, 2.24) is 30.0 Å². The largest absolute Gasteiger partial charge is 0.383 e. The lowest BCUT2D eigenvalue weighted by Gasteiger charge is -2.34. The van der Waals surface area contributed by atoms with Crippen LogP contribution in [0, 0.1) is 11.3 Å². The molecule has 2 atom stereocenters. The van der Waals surface area contributed by atoms with Gasteiger partial charge in [0.1, 0.15) is 11.9 Å². The highest BCUT2D eigenvalue weighted by Gasteiger charge is 2.47. The fourth-order valence-electron chi connectivity index (χ4n) is 5.10. The molecule has 0 aliphatic carbocycles. The predicted molar refractivity (Wildman–Crippen MR) is 123 cm³/mol. The minimum atomic E-state index is -0.761. The molecule has 2 unspecified atom stereocenters. The molecule has 3 aromatic heterocycles. The summed E-state index contributed by atoms with van der Waals surface area (Å²) >= 11 is 0. The highest BCUT2D eigenvalue weighted by molar-refractivity contribution is 5.65. The Morgan fingerprint density at radius 2 is 2.00 bits per heavy atom. The van der Waals surface area contributed by atoms with E-state index in [4.69, 9.17) is 10.8 Å². The van der Waals surface area contributed by atoms with Gasteiger partial charge in [0, 0.05) is 60.4 Å². The Labute approximate surface area is 192 Å². The van der Waals surface area contributed by atoms with Gasteiger partial charge < -0.3 is 10.8 Å². The zero-order chi connectivity index (χ0) is 23.2. The van der Waals surface area contributed by atoms with E-state index < -0.39 is 11.9 Å². The van der Waals surface area contributed by atoms with E-state index >= 15 is 0 Å². The number of hydrogen-bond donors (Lipinski definition) is 3. The molecule has 170 valence electrons. The van der Waals surface area contributed by atoms with Crippen molar-refractivity contribution in [3.8, 4) is 17.3 Å². The van der Waals surface area contributed by atoms with Crippen LogP contribution in [0.2, 0.25) is 0 Å². The van der Waals surface area contributed by atoms with Crippen LogP contribution < -0.4 is 11.1 Å². The first-order chi connectivity index (χ1) is 15.8. The van der Waals surface area contributed by atoms with Gasteiger partial charge in [0.25, 0.3) is 0 Å². The summed E-state index contributed by atoms with van der Waals surface area (Å²) in [6.45, 7) is 6.50. The van der Waals surface area contributed by atoms with Crippen LogP contribution in [0.25, 0.3) is 11.3 Å². The molecular weight excluding hydrogens is 416 g/mol. The summed E-state index contributed by atoms with van der Waals surface area (Å²) in [5.74, 6) is 0.229. The summed E-state index contributed by atoms with van der Waals surface area (Å²) in [7, 11) is 0. The average molecular weight is 445 g/mol. The molecule has 1 fully saturated rings. The normalized spacial score (nSPS) is 21.3. The molecule has 2 aliphatic heterocycles. The van der Waals surface area contributed by atoms with E-state index in [2.05, 4.69) is 50.8 Å². The van der Waals surface area contributed by atoms with Gasteiger partial charge in [-0.3, -0.25) is 19.9 Å². The number of nitrogens with two attached hydrogens (primary N) is 1. The topological polar surface area (TPSA) is 129 Å². The number of aliphatic hydroxyl groups excluding tert-OH is 1. The lowest BCUT2D eigenvalue weighted by atomic mass is 9.82. The smallest absolute Gasteiger partial charge is 0.163 e. The summed E-state index contributed by atoms with van der Waals surface area (Å²) in [5.41, 5.74) is 9.51. The van der Waals surface area contributed by atoms with Gasteiger partial charge in [-0.15, -0.1) is 0 Å². The van der Waals surface area contributed by atoms with E-state index in [1.54, 1.807) is 24.7 Å². The third kappa shape index (κ3) is 3.76. The predicted octanol–water partition coefficient (Wildman–Crippen LogP) is 1.94. The number of nitriles is 1. The van der Waals surface area contributed by atoms with Crippen LogP contribution in [0.3, 0.4) is 0 Å². The standard InChI is InChI=1S/C24H28N8O/c1-23(2,18-3-7-27-8-4-18)29-22(33)31-9-5-24(15-31)6-10-32-20(24)12-19(30-32)17-11-16(13-25)21(26)28-14-17/h3-4,7-8,11-12,14,22,29,33H,5-6,9-10,15H2,1-2H3,(H2,26,28). The average Bonchev–Trinajstić information content (AvgIpc) is 3.51. The Bertz CT molecular complexity index is 1210. The number of pyridine rings is 2. The highest BCUT2D eigenvalue weighted by Crippen LogP contribution is 2.44. The molecule has 5 heterocycles. The fourth-order valence-corrected chi connectivity index (χ4v) is 5.10. The molecule has 9 nitrogen and oxygen atoms in total. The van der Waals surface area contributed by atoms with Crippen molar-refractivity contribution in [2.24, 2.45) is 0 Å². The van der Waals surface area contributed by atoms with Gasteiger partial charge >= 0.3 is 0 Å². The minimum absolute atomic E-state index is 0.0476. The lowest BCUT2D eigenvalue weighted by Crippen LogP contribution is -2.52. The van der Waals surface area contributed by atoms with Gasteiger partial charge in [-0.05, 0) is 56.5 Å². The summed E-state index contributed by atoms with van der Waals surface area (Å²) in [4.78, 5) is 10.3. The zero-order valence-electron chi connectivity index (χ0n) is 18.9. The molecule has 0 bridgehead atoms. The third-order valence-corrected chi connectivity index (χ3v) is 7.08. The van der Waals surface area contributed by atoms with E-state index in [0.717, 1.165) is 49.3 Å². The maximum absolute atomic E-state index is 11.0. The van der Waals surface area contributed by atoms with Crippen molar-refractivity contribution in [3.05, 3.63) is 59.7 Å². The van der Waals surface area contributed by atoms with Gasteiger partial charge in [0.15, 0.2) is 6.35 Å². The first-order valence-electron chi connectivity index (χ1n) is 11.2. The van der Waals surface area contributed by atoms with Crippen LogP contribution in [0.4, 0.5) is 5.82 Å². The maximum atomic E-state index is 11.0. The molecule has 4 N–H and O–H groups in total. The molecule has 9 heteroatoms. The number of aliphatic hydroxyl groups is 1. The number of nitrogens with one attached hydrogen (secondary N) is 1. The van der Waals surface area contributed by atoms with Gasteiger partial charge in [0.2, 0.25) is 0 Å². The van der Waals surface area contributed by atoms with Crippen molar-refractivity contribution in [2.75, 3.05) is 18.8 Å². The molecular formula is C24H28N8O. The van der Waals surface area contributed by atoms with E-state index in [9.17, 15) is 10.4 Å². The molecule has 5 rings (SSSR count). The molecule has 1 saturated heterocycles. The van der Waals surface area contributed by atoms with Gasteiger partial charge in [-0.1, -0.05) is 0 Å². The number of nitrogens with zero attached hydrogens (tertiary/aromatic N) is 6. The van der Waals surface area contributed by atoms with Crippen molar-refractivity contribution >= 4 is 5.82 Å². The van der Waals surface area contributed by atoms with Gasteiger partial charge in [0.05, 0.1) is 11.3 Å². The van der Waals surface area contributed by atoms with Crippen LogP contribution in [-0.2, 0) is 17.5 Å². The Balaban J connectivity index is 1.34. The Morgan fingerprint density at radius 3 is 2.76 bits per heavy atom. The van der Waals surface area contributed by atoms with Gasteiger partial charge in [-0.2, -0.15) is 10.4 Å². The van der Waals surface area contributed by atoms with E-state index in [-0.39, 0.29) is 11.2 Å². The summed E-state index contributed by atoms with van der Waals surface area (Å²) in [6, 6.07) is 9.86. The molecule has 0 saturated carbocycles. The second-order valence-corrected chi connectivity index (χ2v) is 9.54. The number of fused-ring (bicyclic) bond motifs is 2. The highest BCUT2D eigenvalue weighted by atomic mass is 16.3. The SMILES string of the molecule is CC(C)(NC(O)N1CCC2(CCn3nc(-c4cnc(N)c(C#N)c4)cc32)C1)c1ccncc1. The molecule has 0 radical (unpaired) electrons. The third-order valence-electron chi connectivity index (χ3n) is 7.08. The number of likely N-dealkylation sites (tertiary alicyclic amines) is 1. The van der Waals surface area contributed by atoms with Crippen LogP contribution in [-0.4, -0.2) is 49.2 Å². The van der Waals surface area contributed by atoms with Crippen molar-refractivity contribution < 1.29 is 5.11 Å². The first kappa shape index (κ1) is 21.5. The fraction of sp³-hybridized carbons (Fsp3) is 0.417. The Kier molecular flexibility index (Phi) is 5.16. The Morgan fingerprint density at radius 1 is 1.24 bits per heavy atom. The number of aryl methyl sites for hydroxylation is 1. The van der Waals surface area contributed by atoms with Crippen LogP contribution in [0.15, 0.2) is 42.9 Å². The number of aromatic nitrogens is 4. The van der Waals surface area contributed by atoms with E-state index in [1.807, 2.05) is 12.1 Å².